The summed E-state index contributed by atoms with van der Waals surface area (Å²) >= 11 is 0. The molecule has 0 aliphatic carbocycles. The Labute approximate surface area is 82.2 Å². The van der Waals surface area contributed by atoms with Crippen LogP contribution in [0.3, 0.4) is 0 Å². The van der Waals surface area contributed by atoms with E-state index < -0.39 is 5.97 Å². The molecule has 0 bridgehead atoms. The first-order chi connectivity index (χ1) is 6.59. The third kappa shape index (κ3) is 3.01. The second-order valence-electron chi connectivity index (χ2n) is 3.20. The van der Waals surface area contributed by atoms with Crippen molar-refractivity contribution in [2.45, 2.75) is 19.8 Å². The summed E-state index contributed by atoms with van der Waals surface area (Å²) in [5.41, 5.74) is 0. The summed E-state index contributed by atoms with van der Waals surface area (Å²) in [5.74, 6) is 0.586. The lowest BCUT2D eigenvalue weighted by Crippen LogP contribution is -2.14. The Hall–Kier alpha value is -1.65. The van der Waals surface area contributed by atoms with Crippen molar-refractivity contribution in [1.29, 1.82) is 0 Å². The van der Waals surface area contributed by atoms with Crippen LogP contribution in [0.25, 0.3) is 0 Å². The first-order valence-corrected chi connectivity index (χ1v) is 4.38. The van der Waals surface area contributed by atoms with Crippen molar-refractivity contribution in [1.82, 2.24) is 9.97 Å². The predicted molar refractivity (Wildman–Crippen MR) is 52.2 cm³/mol. The van der Waals surface area contributed by atoms with Gasteiger partial charge in [-0.3, -0.25) is 4.79 Å². The van der Waals surface area contributed by atoms with Gasteiger partial charge in [-0.05, 0) is 6.07 Å². The van der Waals surface area contributed by atoms with E-state index in [4.69, 9.17) is 5.11 Å². The smallest absolute Gasteiger partial charge is 0.322 e. The maximum atomic E-state index is 10.3. The van der Waals surface area contributed by atoms with Crippen LogP contribution in [-0.4, -0.2) is 27.6 Å². The van der Waals surface area contributed by atoms with Crippen molar-refractivity contribution >= 4 is 11.8 Å². The van der Waals surface area contributed by atoms with Crippen molar-refractivity contribution in [3.8, 4) is 0 Å². The quantitative estimate of drug-likeness (QED) is 0.752. The Balaban J connectivity index is 2.68. The van der Waals surface area contributed by atoms with Gasteiger partial charge in [0.2, 0.25) is 0 Å². The molecule has 76 valence electrons. The van der Waals surface area contributed by atoms with Gasteiger partial charge in [-0.1, -0.05) is 13.8 Å². The molecule has 0 aromatic carbocycles. The minimum absolute atomic E-state index is 0.130. The van der Waals surface area contributed by atoms with Gasteiger partial charge in [-0.15, -0.1) is 0 Å². The molecule has 5 nitrogen and oxygen atoms in total. The second-order valence-corrected chi connectivity index (χ2v) is 3.20. The molecule has 0 aliphatic rings. The fraction of sp³-hybridized carbons (Fsp3) is 0.444. The molecule has 0 aliphatic heterocycles. The molecule has 5 heteroatoms. The van der Waals surface area contributed by atoms with E-state index in [9.17, 15) is 4.79 Å². The molecule has 1 aromatic heterocycles. The highest BCUT2D eigenvalue weighted by molar-refractivity contribution is 5.72. The molecule has 2 N–H and O–H groups in total. The maximum absolute atomic E-state index is 10.3. The Kier molecular flexibility index (Phi) is 3.39. The largest absolute Gasteiger partial charge is 0.480 e. The highest BCUT2D eigenvalue weighted by atomic mass is 16.4. The van der Waals surface area contributed by atoms with Gasteiger partial charge in [0.25, 0.3) is 0 Å². The fourth-order valence-corrected chi connectivity index (χ4v) is 0.917. The summed E-state index contributed by atoms with van der Waals surface area (Å²) in [6.45, 7) is 3.83. The molecule has 0 unspecified atom stereocenters. The van der Waals surface area contributed by atoms with Crippen LogP contribution in [0.2, 0.25) is 0 Å². The van der Waals surface area contributed by atoms with Crippen LogP contribution in [0.5, 0.6) is 0 Å². The van der Waals surface area contributed by atoms with E-state index in [0.717, 1.165) is 0 Å². The van der Waals surface area contributed by atoms with E-state index >= 15 is 0 Å². The van der Waals surface area contributed by atoms with E-state index in [1.165, 1.54) is 0 Å². The lowest BCUT2D eigenvalue weighted by molar-refractivity contribution is -0.134. The number of rotatable bonds is 4. The summed E-state index contributed by atoms with van der Waals surface area (Å²) in [5, 5.41) is 11.1. The molecular weight excluding hydrogens is 182 g/mol. The van der Waals surface area contributed by atoms with E-state index in [2.05, 4.69) is 15.3 Å². The van der Waals surface area contributed by atoms with Crippen LogP contribution in [0.1, 0.15) is 25.6 Å². The van der Waals surface area contributed by atoms with E-state index in [1.54, 1.807) is 12.3 Å². The van der Waals surface area contributed by atoms with Gasteiger partial charge in [0.1, 0.15) is 18.2 Å². The standard InChI is InChI=1S/C9H13N3O2/c1-6(2)9-10-4-3-7(12-9)11-5-8(13)14/h3-4,6H,5H2,1-2H3,(H,13,14)(H,10,11,12). The Morgan fingerprint density at radius 3 is 2.93 bits per heavy atom. The number of carboxylic acid groups (broad SMARTS) is 1. The summed E-state index contributed by atoms with van der Waals surface area (Å²) in [6.07, 6.45) is 1.62. The molecule has 1 rings (SSSR count). The second kappa shape index (κ2) is 4.55. The maximum Gasteiger partial charge on any atom is 0.322 e. The average Bonchev–Trinajstić information content (AvgIpc) is 2.15. The van der Waals surface area contributed by atoms with Gasteiger partial charge in [-0.25, -0.2) is 9.97 Å². The number of carbonyl (C=O) groups is 1. The fourth-order valence-electron chi connectivity index (χ4n) is 0.917. The first-order valence-electron chi connectivity index (χ1n) is 4.38. The molecule has 1 heterocycles. The van der Waals surface area contributed by atoms with Gasteiger partial charge >= 0.3 is 5.97 Å². The average molecular weight is 195 g/mol. The van der Waals surface area contributed by atoms with E-state index in [0.29, 0.717) is 11.6 Å². The monoisotopic (exact) mass is 195 g/mol. The SMILES string of the molecule is CC(C)c1nccc(NCC(=O)O)n1. The zero-order valence-corrected chi connectivity index (χ0v) is 8.19. The Bertz CT molecular complexity index is 326. The third-order valence-electron chi connectivity index (χ3n) is 1.61. The van der Waals surface area contributed by atoms with Gasteiger partial charge < -0.3 is 10.4 Å². The number of hydrogen-bond donors (Lipinski definition) is 2. The first kappa shape index (κ1) is 10.4. The molecule has 1 aromatic rings. The Morgan fingerprint density at radius 2 is 2.36 bits per heavy atom. The zero-order chi connectivity index (χ0) is 10.6. The molecule has 0 atom stereocenters. The molecule has 0 saturated carbocycles. The Morgan fingerprint density at radius 1 is 1.64 bits per heavy atom. The van der Waals surface area contributed by atoms with Gasteiger partial charge in [-0.2, -0.15) is 0 Å². The lowest BCUT2D eigenvalue weighted by atomic mass is 10.2. The molecule has 0 fully saturated rings. The summed E-state index contributed by atoms with van der Waals surface area (Å²) in [4.78, 5) is 18.5. The predicted octanol–water partition coefficient (Wildman–Crippen LogP) is 1.10. The number of carboxylic acids is 1. The number of hydrogen-bond acceptors (Lipinski definition) is 4. The number of anilines is 1. The highest BCUT2D eigenvalue weighted by Gasteiger charge is 2.04. The normalized spacial score (nSPS) is 10.2. The van der Waals surface area contributed by atoms with Crippen molar-refractivity contribution in [2.75, 3.05) is 11.9 Å². The molecule has 0 radical (unpaired) electrons. The molecular formula is C9H13N3O2. The molecule has 14 heavy (non-hydrogen) atoms. The van der Waals surface area contributed by atoms with Crippen LogP contribution in [0, 0.1) is 0 Å². The summed E-state index contributed by atoms with van der Waals surface area (Å²) in [6, 6.07) is 1.65. The van der Waals surface area contributed by atoms with Crippen molar-refractivity contribution in [3.05, 3.63) is 18.1 Å². The molecule has 0 spiro atoms. The third-order valence-corrected chi connectivity index (χ3v) is 1.61. The number of nitrogens with zero attached hydrogens (tertiary/aromatic N) is 2. The molecule has 0 saturated heterocycles. The van der Waals surface area contributed by atoms with Gasteiger partial charge in [0, 0.05) is 12.1 Å². The van der Waals surface area contributed by atoms with Gasteiger partial charge in [0.05, 0.1) is 0 Å². The highest BCUT2D eigenvalue weighted by Crippen LogP contribution is 2.10. The number of nitrogens with one attached hydrogen (secondary N) is 1. The van der Waals surface area contributed by atoms with Gasteiger partial charge in [0.15, 0.2) is 0 Å². The van der Waals surface area contributed by atoms with Crippen molar-refractivity contribution < 1.29 is 9.90 Å². The minimum atomic E-state index is -0.908. The van der Waals surface area contributed by atoms with Crippen LogP contribution in [0.15, 0.2) is 12.3 Å². The van der Waals surface area contributed by atoms with Crippen LogP contribution >= 0.6 is 0 Å². The zero-order valence-electron chi connectivity index (χ0n) is 8.19. The number of aromatic nitrogens is 2. The topological polar surface area (TPSA) is 75.1 Å². The van der Waals surface area contributed by atoms with Crippen molar-refractivity contribution in [3.63, 3.8) is 0 Å². The number of aliphatic carboxylic acids is 1. The van der Waals surface area contributed by atoms with Crippen molar-refractivity contribution in [2.24, 2.45) is 0 Å². The molecule has 0 amide bonds. The van der Waals surface area contributed by atoms with E-state index in [-0.39, 0.29) is 12.5 Å². The summed E-state index contributed by atoms with van der Waals surface area (Å²) in [7, 11) is 0. The van der Waals surface area contributed by atoms with E-state index in [1.807, 2.05) is 13.8 Å². The van der Waals surface area contributed by atoms with Crippen LogP contribution in [-0.2, 0) is 4.79 Å². The van der Waals surface area contributed by atoms with Crippen LogP contribution < -0.4 is 5.32 Å². The minimum Gasteiger partial charge on any atom is -0.480 e. The summed E-state index contributed by atoms with van der Waals surface area (Å²) < 4.78 is 0. The van der Waals surface area contributed by atoms with Crippen LogP contribution in [0.4, 0.5) is 5.82 Å². The lowest BCUT2D eigenvalue weighted by Gasteiger charge is -2.06.